The number of aromatic nitrogens is 1. The number of nitriles is 1. The first kappa shape index (κ1) is 18.9. The molecule has 1 N–H and O–H groups in total. The van der Waals surface area contributed by atoms with Gasteiger partial charge in [0.1, 0.15) is 24.0 Å². The predicted molar refractivity (Wildman–Crippen MR) is 102 cm³/mol. The van der Waals surface area contributed by atoms with Crippen LogP contribution < -0.4 is 10.1 Å². The third kappa shape index (κ3) is 5.28. The Bertz CT molecular complexity index is 839. The van der Waals surface area contributed by atoms with Crippen molar-refractivity contribution < 1.29 is 14.3 Å². The molecule has 0 radical (unpaired) electrons. The Balaban J connectivity index is 1.57. The number of benzene rings is 1. The zero-order chi connectivity index (χ0) is 19.1. The molecule has 6 nitrogen and oxygen atoms in total. The second-order valence-corrected chi connectivity index (χ2v) is 6.67. The number of nitrogens with zero attached hydrogens (tertiary/aromatic N) is 2. The molecule has 0 saturated heterocycles. The fourth-order valence-electron chi connectivity index (χ4n) is 3.12. The molecule has 1 aromatic heterocycles. The summed E-state index contributed by atoms with van der Waals surface area (Å²) in [6, 6.07) is 10.7. The average Bonchev–Trinajstić information content (AvgIpc) is 2.70. The summed E-state index contributed by atoms with van der Waals surface area (Å²) >= 11 is 0. The van der Waals surface area contributed by atoms with E-state index in [9.17, 15) is 4.79 Å². The minimum atomic E-state index is -0.158. The van der Waals surface area contributed by atoms with Gasteiger partial charge in [0.2, 0.25) is 11.8 Å². The summed E-state index contributed by atoms with van der Waals surface area (Å²) in [4.78, 5) is 16.2. The van der Waals surface area contributed by atoms with E-state index in [1.165, 1.54) is 19.3 Å². The second-order valence-electron chi connectivity index (χ2n) is 6.67. The zero-order valence-corrected chi connectivity index (χ0v) is 15.4. The molecular weight excluding hydrogens is 342 g/mol. The fourth-order valence-corrected chi connectivity index (χ4v) is 3.12. The number of pyridine rings is 1. The number of carbonyl (C=O) groups is 1. The highest BCUT2D eigenvalue weighted by Crippen LogP contribution is 2.27. The third-order valence-electron chi connectivity index (χ3n) is 4.58. The molecule has 0 atom stereocenters. The molecule has 1 fully saturated rings. The highest BCUT2D eigenvalue weighted by Gasteiger charge is 2.15. The third-order valence-corrected chi connectivity index (χ3v) is 4.58. The van der Waals surface area contributed by atoms with Gasteiger partial charge in [0.25, 0.3) is 0 Å². The van der Waals surface area contributed by atoms with Crippen LogP contribution in [0.2, 0.25) is 0 Å². The van der Waals surface area contributed by atoms with E-state index in [0.29, 0.717) is 17.0 Å². The van der Waals surface area contributed by atoms with Gasteiger partial charge in [0, 0.05) is 11.9 Å². The fraction of sp³-hybridized carbons (Fsp3) is 0.381. The van der Waals surface area contributed by atoms with Gasteiger partial charge in [0.05, 0.1) is 6.10 Å². The van der Waals surface area contributed by atoms with E-state index in [2.05, 4.69) is 16.4 Å². The Morgan fingerprint density at radius 3 is 2.85 bits per heavy atom. The SMILES string of the molecule is Cc1cc(Oc2ncccc2C#N)ccc1NC(=O)COC1CCCCC1. The molecule has 1 aliphatic carbocycles. The minimum Gasteiger partial charge on any atom is -0.438 e. The van der Waals surface area contributed by atoms with Crippen LogP contribution >= 0.6 is 0 Å². The summed E-state index contributed by atoms with van der Waals surface area (Å²) in [5.41, 5.74) is 1.93. The molecule has 6 heteroatoms. The molecule has 140 valence electrons. The molecule has 0 spiro atoms. The lowest BCUT2D eigenvalue weighted by molar-refractivity contribution is -0.123. The average molecular weight is 365 g/mol. The lowest BCUT2D eigenvalue weighted by Crippen LogP contribution is -2.25. The summed E-state index contributed by atoms with van der Waals surface area (Å²) in [5.74, 6) is 0.657. The van der Waals surface area contributed by atoms with Crippen LogP contribution in [-0.2, 0) is 9.53 Å². The van der Waals surface area contributed by atoms with Crippen molar-refractivity contribution >= 4 is 11.6 Å². The maximum atomic E-state index is 12.2. The largest absolute Gasteiger partial charge is 0.438 e. The van der Waals surface area contributed by atoms with Crippen molar-refractivity contribution in [1.29, 1.82) is 5.26 Å². The standard InChI is InChI=1S/C21H23N3O3/c1-15-12-18(27-21-16(13-22)6-5-11-23-21)9-10-19(15)24-20(25)14-26-17-7-3-2-4-8-17/h5-6,9-12,17H,2-4,7-8,14H2,1H3,(H,24,25). The van der Waals surface area contributed by atoms with Gasteiger partial charge in [-0.15, -0.1) is 0 Å². The quantitative estimate of drug-likeness (QED) is 0.823. The van der Waals surface area contributed by atoms with Gasteiger partial charge in [-0.3, -0.25) is 4.79 Å². The monoisotopic (exact) mass is 365 g/mol. The number of ether oxygens (including phenoxy) is 2. The van der Waals surface area contributed by atoms with Crippen LogP contribution in [0.15, 0.2) is 36.5 Å². The first-order valence-electron chi connectivity index (χ1n) is 9.21. The lowest BCUT2D eigenvalue weighted by Gasteiger charge is -2.21. The van der Waals surface area contributed by atoms with Crippen LogP contribution in [0.1, 0.15) is 43.2 Å². The van der Waals surface area contributed by atoms with E-state index in [1.807, 2.05) is 6.92 Å². The van der Waals surface area contributed by atoms with E-state index in [4.69, 9.17) is 14.7 Å². The number of amides is 1. The molecular formula is C21H23N3O3. The van der Waals surface area contributed by atoms with Crippen molar-refractivity contribution in [2.24, 2.45) is 0 Å². The number of aryl methyl sites for hydroxylation is 1. The van der Waals surface area contributed by atoms with Gasteiger partial charge >= 0.3 is 0 Å². The van der Waals surface area contributed by atoms with Crippen LogP contribution in [0.5, 0.6) is 11.6 Å². The van der Waals surface area contributed by atoms with E-state index in [-0.39, 0.29) is 24.5 Å². The Hall–Kier alpha value is -2.91. The predicted octanol–water partition coefficient (Wildman–Crippen LogP) is 4.34. The molecule has 1 aromatic carbocycles. The molecule has 0 aliphatic heterocycles. The van der Waals surface area contributed by atoms with Crippen LogP contribution in [0.4, 0.5) is 5.69 Å². The molecule has 1 aliphatic rings. The van der Waals surface area contributed by atoms with Gasteiger partial charge in [0.15, 0.2) is 0 Å². The summed E-state index contributed by atoms with van der Waals surface area (Å²) in [6.07, 6.45) is 7.47. The van der Waals surface area contributed by atoms with E-state index in [0.717, 1.165) is 18.4 Å². The second kappa shape index (κ2) is 9.15. The van der Waals surface area contributed by atoms with Crippen molar-refractivity contribution in [2.75, 3.05) is 11.9 Å². The van der Waals surface area contributed by atoms with Gasteiger partial charge in [-0.25, -0.2) is 4.98 Å². The topological polar surface area (TPSA) is 84.2 Å². The zero-order valence-electron chi connectivity index (χ0n) is 15.4. The highest BCUT2D eigenvalue weighted by molar-refractivity contribution is 5.92. The first-order chi connectivity index (χ1) is 13.2. The van der Waals surface area contributed by atoms with Gasteiger partial charge in [-0.1, -0.05) is 19.3 Å². The summed E-state index contributed by atoms with van der Waals surface area (Å²) in [5, 5.41) is 12.0. The molecule has 0 unspecified atom stereocenters. The van der Waals surface area contributed by atoms with Crippen LogP contribution in [0, 0.1) is 18.3 Å². The molecule has 27 heavy (non-hydrogen) atoms. The molecule has 1 saturated carbocycles. The normalized spacial score (nSPS) is 14.4. The van der Waals surface area contributed by atoms with Crippen LogP contribution in [0.25, 0.3) is 0 Å². The molecule has 3 rings (SSSR count). The lowest BCUT2D eigenvalue weighted by atomic mass is 9.98. The molecule has 1 heterocycles. The molecule has 2 aromatic rings. The number of carbonyl (C=O) groups excluding carboxylic acids is 1. The van der Waals surface area contributed by atoms with E-state index < -0.39 is 0 Å². The Morgan fingerprint density at radius 2 is 2.11 bits per heavy atom. The van der Waals surface area contributed by atoms with Crippen molar-refractivity contribution in [3.05, 3.63) is 47.7 Å². The summed E-state index contributed by atoms with van der Waals surface area (Å²) in [7, 11) is 0. The number of hydrogen-bond acceptors (Lipinski definition) is 5. The maximum absolute atomic E-state index is 12.2. The van der Waals surface area contributed by atoms with Crippen LogP contribution in [-0.4, -0.2) is 23.6 Å². The van der Waals surface area contributed by atoms with E-state index in [1.54, 1.807) is 36.5 Å². The maximum Gasteiger partial charge on any atom is 0.250 e. The number of nitrogens with one attached hydrogen (secondary N) is 1. The van der Waals surface area contributed by atoms with Gasteiger partial charge in [-0.2, -0.15) is 5.26 Å². The van der Waals surface area contributed by atoms with Crippen molar-refractivity contribution in [3.8, 4) is 17.7 Å². The Labute approximate surface area is 159 Å². The summed E-state index contributed by atoms with van der Waals surface area (Å²) in [6.45, 7) is 1.95. The Kier molecular flexibility index (Phi) is 6.39. The molecule has 1 amide bonds. The molecule has 0 bridgehead atoms. The van der Waals surface area contributed by atoms with Crippen molar-refractivity contribution in [2.45, 2.75) is 45.1 Å². The Morgan fingerprint density at radius 1 is 1.30 bits per heavy atom. The van der Waals surface area contributed by atoms with E-state index >= 15 is 0 Å². The highest BCUT2D eigenvalue weighted by atomic mass is 16.5. The smallest absolute Gasteiger partial charge is 0.250 e. The summed E-state index contributed by atoms with van der Waals surface area (Å²) < 4.78 is 11.4. The minimum absolute atomic E-state index is 0.0713. The number of anilines is 1. The van der Waals surface area contributed by atoms with Crippen molar-refractivity contribution in [1.82, 2.24) is 4.98 Å². The van der Waals surface area contributed by atoms with Gasteiger partial charge in [-0.05, 0) is 55.7 Å². The van der Waals surface area contributed by atoms with Crippen molar-refractivity contribution in [3.63, 3.8) is 0 Å². The van der Waals surface area contributed by atoms with Gasteiger partial charge < -0.3 is 14.8 Å². The number of hydrogen-bond donors (Lipinski definition) is 1. The van der Waals surface area contributed by atoms with Crippen LogP contribution in [0.3, 0.4) is 0 Å². The number of rotatable bonds is 6. The first-order valence-corrected chi connectivity index (χ1v) is 9.21.